The minimum absolute atomic E-state index is 0.0649. The Labute approximate surface area is 116 Å². The standard InChI is InChI=1S/C13H8BrF2N3/c14-8-4-12(10(16)5-9(8)15)19-11-3-1-2-7(6-17)13(11)18/h1-5,19H,18H2. The summed E-state index contributed by atoms with van der Waals surface area (Å²) in [5.74, 6) is -1.44. The van der Waals surface area contributed by atoms with Gasteiger partial charge >= 0.3 is 0 Å². The highest BCUT2D eigenvalue weighted by molar-refractivity contribution is 9.10. The second kappa shape index (κ2) is 5.24. The summed E-state index contributed by atoms with van der Waals surface area (Å²) >= 11 is 2.97. The second-order valence-corrected chi connectivity index (χ2v) is 4.60. The number of benzene rings is 2. The zero-order chi connectivity index (χ0) is 14.0. The molecule has 2 aromatic rings. The maximum Gasteiger partial charge on any atom is 0.149 e. The molecule has 2 rings (SSSR count). The topological polar surface area (TPSA) is 61.8 Å². The van der Waals surface area contributed by atoms with Crippen molar-refractivity contribution in [3.05, 3.63) is 52.0 Å². The number of nitrogen functional groups attached to an aromatic ring is 1. The van der Waals surface area contributed by atoms with Crippen molar-refractivity contribution in [2.45, 2.75) is 0 Å². The van der Waals surface area contributed by atoms with Crippen molar-refractivity contribution in [3.8, 4) is 6.07 Å². The number of hydrogen-bond donors (Lipinski definition) is 2. The van der Waals surface area contributed by atoms with Crippen LogP contribution in [0.25, 0.3) is 0 Å². The first-order valence-corrected chi connectivity index (χ1v) is 6.02. The number of nitrogens with one attached hydrogen (secondary N) is 1. The average Bonchev–Trinajstić information content (AvgIpc) is 2.38. The number of para-hydroxylation sites is 1. The number of anilines is 3. The van der Waals surface area contributed by atoms with E-state index in [2.05, 4.69) is 21.2 Å². The van der Waals surface area contributed by atoms with Gasteiger partial charge in [-0.05, 0) is 34.1 Å². The number of nitriles is 1. The quantitative estimate of drug-likeness (QED) is 0.650. The van der Waals surface area contributed by atoms with E-state index in [0.29, 0.717) is 5.69 Å². The summed E-state index contributed by atoms with van der Waals surface area (Å²) in [5.41, 5.74) is 6.71. The number of hydrogen-bond acceptors (Lipinski definition) is 3. The Morgan fingerprint density at radius 2 is 1.89 bits per heavy atom. The van der Waals surface area contributed by atoms with Crippen LogP contribution in [0.2, 0.25) is 0 Å². The number of halogens is 3. The van der Waals surface area contributed by atoms with Crippen molar-refractivity contribution in [3.63, 3.8) is 0 Å². The van der Waals surface area contributed by atoms with Crippen molar-refractivity contribution in [2.75, 3.05) is 11.1 Å². The first-order valence-electron chi connectivity index (χ1n) is 5.23. The van der Waals surface area contributed by atoms with E-state index in [-0.39, 0.29) is 21.4 Å². The van der Waals surface area contributed by atoms with E-state index in [1.165, 1.54) is 6.07 Å². The van der Waals surface area contributed by atoms with Crippen molar-refractivity contribution in [1.82, 2.24) is 0 Å². The molecular weight excluding hydrogens is 316 g/mol. The average molecular weight is 324 g/mol. The summed E-state index contributed by atoms with van der Waals surface area (Å²) in [6.07, 6.45) is 0. The Bertz CT molecular complexity index is 680. The summed E-state index contributed by atoms with van der Waals surface area (Å²) in [6.45, 7) is 0. The molecule has 0 aromatic heterocycles. The molecule has 96 valence electrons. The van der Waals surface area contributed by atoms with Crippen LogP contribution in [0, 0.1) is 23.0 Å². The summed E-state index contributed by atoms with van der Waals surface area (Å²) in [6, 6.07) is 8.73. The van der Waals surface area contributed by atoms with E-state index >= 15 is 0 Å². The third-order valence-electron chi connectivity index (χ3n) is 2.51. The van der Waals surface area contributed by atoms with E-state index in [1.807, 2.05) is 6.07 Å². The van der Waals surface area contributed by atoms with Gasteiger partial charge < -0.3 is 11.1 Å². The van der Waals surface area contributed by atoms with Crippen LogP contribution < -0.4 is 11.1 Å². The molecule has 0 atom stereocenters. The lowest BCUT2D eigenvalue weighted by molar-refractivity contribution is 0.581. The molecular formula is C13H8BrF2N3. The van der Waals surface area contributed by atoms with Gasteiger partial charge in [0.15, 0.2) is 0 Å². The molecule has 0 saturated carbocycles. The zero-order valence-electron chi connectivity index (χ0n) is 9.55. The zero-order valence-corrected chi connectivity index (χ0v) is 11.1. The largest absolute Gasteiger partial charge is 0.396 e. The molecule has 0 fully saturated rings. The van der Waals surface area contributed by atoms with Gasteiger partial charge in [0, 0.05) is 6.07 Å². The van der Waals surface area contributed by atoms with Gasteiger partial charge in [-0.15, -0.1) is 0 Å². The van der Waals surface area contributed by atoms with Gasteiger partial charge in [0.2, 0.25) is 0 Å². The Kier molecular flexibility index (Phi) is 3.67. The molecule has 0 saturated heterocycles. The fourth-order valence-corrected chi connectivity index (χ4v) is 1.88. The van der Waals surface area contributed by atoms with Gasteiger partial charge in [-0.3, -0.25) is 0 Å². The first kappa shape index (κ1) is 13.3. The lowest BCUT2D eigenvalue weighted by atomic mass is 10.1. The van der Waals surface area contributed by atoms with E-state index in [9.17, 15) is 8.78 Å². The van der Waals surface area contributed by atoms with E-state index in [1.54, 1.807) is 18.2 Å². The highest BCUT2D eigenvalue weighted by Gasteiger charge is 2.10. The van der Waals surface area contributed by atoms with Gasteiger partial charge in [-0.25, -0.2) is 8.78 Å². The van der Waals surface area contributed by atoms with Crippen molar-refractivity contribution >= 4 is 33.0 Å². The van der Waals surface area contributed by atoms with E-state index in [4.69, 9.17) is 11.0 Å². The third kappa shape index (κ3) is 2.66. The molecule has 0 aliphatic carbocycles. The molecule has 2 aromatic carbocycles. The van der Waals surface area contributed by atoms with Crippen LogP contribution in [-0.2, 0) is 0 Å². The van der Waals surface area contributed by atoms with E-state index < -0.39 is 11.6 Å². The minimum Gasteiger partial charge on any atom is -0.396 e. The van der Waals surface area contributed by atoms with Crippen LogP contribution in [0.15, 0.2) is 34.8 Å². The van der Waals surface area contributed by atoms with Gasteiger partial charge in [-0.2, -0.15) is 5.26 Å². The molecule has 0 amide bonds. The Morgan fingerprint density at radius 3 is 2.58 bits per heavy atom. The molecule has 0 bridgehead atoms. The fraction of sp³-hybridized carbons (Fsp3) is 0. The van der Waals surface area contributed by atoms with Gasteiger partial charge in [-0.1, -0.05) is 6.07 Å². The maximum absolute atomic E-state index is 13.6. The van der Waals surface area contributed by atoms with Crippen LogP contribution in [0.3, 0.4) is 0 Å². The molecule has 3 N–H and O–H groups in total. The molecule has 6 heteroatoms. The van der Waals surface area contributed by atoms with Gasteiger partial charge in [0.25, 0.3) is 0 Å². The lowest BCUT2D eigenvalue weighted by Gasteiger charge is -2.11. The monoisotopic (exact) mass is 323 g/mol. The van der Waals surface area contributed by atoms with E-state index in [0.717, 1.165) is 6.07 Å². The third-order valence-corrected chi connectivity index (χ3v) is 3.11. The van der Waals surface area contributed by atoms with Crippen LogP contribution >= 0.6 is 15.9 Å². The molecule has 0 aliphatic heterocycles. The Balaban J connectivity index is 2.43. The van der Waals surface area contributed by atoms with Crippen molar-refractivity contribution in [2.24, 2.45) is 0 Å². The second-order valence-electron chi connectivity index (χ2n) is 3.75. The van der Waals surface area contributed by atoms with Crippen molar-refractivity contribution in [1.29, 1.82) is 5.26 Å². The van der Waals surface area contributed by atoms with Crippen molar-refractivity contribution < 1.29 is 8.78 Å². The minimum atomic E-state index is -0.748. The highest BCUT2D eigenvalue weighted by Crippen LogP contribution is 2.30. The van der Waals surface area contributed by atoms with Crippen LogP contribution in [0.1, 0.15) is 5.56 Å². The van der Waals surface area contributed by atoms with Crippen LogP contribution in [0.5, 0.6) is 0 Å². The molecule has 0 radical (unpaired) electrons. The normalized spacial score (nSPS) is 10.0. The fourth-order valence-electron chi connectivity index (χ4n) is 1.54. The summed E-state index contributed by atoms with van der Waals surface area (Å²) in [4.78, 5) is 0. The smallest absolute Gasteiger partial charge is 0.149 e. The molecule has 3 nitrogen and oxygen atoms in total. The molecule has 0 spiro atoms. The first-order chi connectivity index (χ1) is 9.02. The number of nitrogens with two attached hydrogens (primary N) is 1. The highest BCUT2D eigenvalue weighted by atomic mass is 79.9. The molecule has 0 aliphatic rings. The predicted octanol–water partition coefficient (Wildman–Crippen LogP) is 3.92. The molecule has 19 heavy (non-hydrogen) atoms. The molecule has 0 unspecified atom stereocenters. The van der Waals surface area contributed by atoms with Gasteiger partial charge in [0.1, 0.15) is 17.7 Å². The number of nitrogens with zero attached hydrogens (tertiary/aromatic N) is 1. The maximum atomic E-state index is 13.6. The summed E-state index contributed by atoms with van der Waals surface area (Å²) in [7, 11) is 0. The SMILES string of the molecule is N#Cc1cccc(Nc2cc(Br)c(F)cc2F)c1N. The van der Waals surface area contributed by atoms with Crippen LogP contribution in [-0.4, -0.2) is 0 Å². The summed E-state index contributed by atoms with van der Waals surface area (Å²) in [5, 5.41) is 11.6. The predicted molar refractivity (Wildman–Crippen MR) is 72.9 cm³/mol. The number of rotatable bonds is 2. The Morgan fingerprint density at radius 1 is 1.16 bits per heavy atom. The summed E-state index contributed by atoms with van der Waals surface area (Å²) < 4.78 is 26.8. The van der Waals surface area contributed by atoms with Crippen LogP contribution in [0.4, 0.5) is 25.8 Å². The van der Waals surface area contributed by atoms with Gasteiger partial charge in [0.05, 0.1) is 27.1 Å². The molecule has 0 heterocycles. The lowest BCUT2D eigenvalue weighted by Crippen LogP contribution is -2.00. The Hall–Kier alpha value is -2.13.